The first-order valence-electron chi connectivity index (χ1n) is 9.37. The maximum absolute atomic E-state index is 6.37. The van der Waals surface area contributed by atoms with Gasteiger partial charge in [0.15, 0.2) is 0 Å². The van der Waals surface area contributed by atoms with Crippen LogP contribution in [0, 0.1) is 6.92 Å². The van der Waals surface area contributed by atoms with Crippen LogP contribution in [0.25, 0.3) is 21.9 Å². The lowest BCUT2D eigenvalue weighted by Crippen LogP contribution is -2.41. The molecule has 138 valence electrons. The Bertz CT molecular complexity index is 1010. The van der Waals surface area contributed by atoms with Crippen LogP contribution in [0.5, 0.6) is 0 Å². The summed E-state index contributed by atoms with van der Waals surface area (Å²) in [7, 11) is -0.406. The average molecular weight is 376 g/mol. The summed E-state index contributed by atoms with van der Waals surface area (Å²) >= 11 is 4.81. The Morgan fingerprint density at radius 1 is 0.778 bits per heavy atom. The molecular formula is C23H25BO2S. The van der Waals surface area contributed by atoms with Crippen molar-refractivity contribution in [2.75, 3.05) is 0 Å². The van der Waals surface area contributed by atoms with E-state index < -0.39 is 7.12 Å². The van der Waals surface area contributed by atoms with E-state index >= 15 is 0 Å². The molecule has 1 fully saturated rings. The number of hydrogen-bond acceptors (Lipinski definition) is 3. The van der Waals surface area contributed by atoms with Gasteiger partial charge in [-0.05, 0) is 68.0 Å². The Balaban J connectivity index is 1.96. The topological polar surface area (TPSA) is 18.5 Å². The molecule has 0 bridgehead atoms. The van der Waals surface area contributed by atoms with Gasteiger partial charge in [-0.2, -0.15) is 0 Å². The maximum atomic E-state index is 6.37. The number of benzene rings is 3. The van der Waals surface area contributed by atoms with E-state index in [2.05, 4.69) is 89.2 Å². The van der Waals surface area contributed by atoms with Crippen LogP contribution in [0.2, 0.25) is 0 Å². The number of fused-ring (bicyclic) bond motifs is 1. The van der Waals surface area contributed by atoms with Crippen LogP contribution in [-0.2, 0) is 9.31 Å². The molecule has 0 saturated carbocycles. The average Bonchev–Trinajstić information content (AvgIpc) is 2.83. The van der Waals surface area contributed by atoms with Crippen molar-refractivity contribution in [2.24, 2.45) is 0 Å². The molecular weight excluding hydrogens is 351 g/mol. The monoisotopic (exact) mass is 376 g/mol. The Morgan fingerprint density at radius 2 is 1.44 bits per heavy atom. The Hall–Kier alpha value is -1.75. The van der Waals surface area contributed by atoms with Crippen molar-refractivity contribution in [1.82, 2.24) is 0 Å². The SMILES string of the molecule is Cc1cccc(B2OC(C)(C)C(C)(C)O2)c1-c1c(S)ccc2ccccc12. The number of rotatable bonds is 2. The normalized spacial score (nSPS) is 18.2. The molecule has 0 amide bonds. The molecule has 0 aromatic heterocycles. The van der Waals surface area contributed by atoms with Gasteiger partial charge >= 0.3 is 7.12 Å². The van der Waals surface area contributed by atoms with Gasteiger partial charge in [0.1, 0.15) is 0 Å². The highest BCUT2D eigenvalue weighted by atomic mass is 32.1. The highest BCUT2D eigenvalue weighted by Gasteiger charge is 2.52. The smallest absolute Gasteiger partial charge is 0.399 e. The van der Waals surface area contributed by atoms with E-state index in [9.17, 15) is 0 Å². The lowest BCUT2D eigenvalue weighted by atomic mass is 9.72. The third-order valence-corrected chi connectivity index (χ3v) is 6.34. The van der Waals surface area contributed by atoms with Crippen molar-refractivity contribution in [3.63, 3.8) is 0 Å². The van der Waals surface area contributed by atoms with E-state index in [0.717, 1.165) is 21.5 Å². The van der Waals surface area contributed by atoms with Gasteiger partial charge in [0, 0.05) is 10.5 Å². The van der Waals surface area contributed by atoms with E-state index in [4.69, 9.17) is 21.9 Å². The standard InChI is InChI=1S/C23H25BO2S/c1-15-9-8-12-18(24-25-22(2,3)23(4,5)26-24)20(15)21-17-11-7-6-10-16(17)13-14-19(21)27/h6-14,27H,1-5H3. The van der Waals surface area contributed by atoms with Crippen LogP contribution in [0.1, 0.15) is 33.3 Å². The predicted molar refractivity (Wildman–Crippen MR) is 117 cm³/mol. The molecule has 0 radical (unpaired) electrons. The molecule has 3 aromatic carbocycles. The molecule has 0 atom stereocenters. The molecule has 1 heterocycles. The molecule has 0 spiro atoms. The molecule has 0 unspecified atom stereocenters. The van der Waals surface area contributed by atoms with Gasteiger partial charge < -0.3 is 9.31 Å². The third-order valence-electron chi connectivity index (χ3n) is 5.97. The molecule has 2 nitrogen and oxygen atoms in total. The minimum absolute atomic E-state index is 0.374. The van der Waals surface area contributed by atoms with Crippen molar-refractivity contribution in [3.8, 4) is 11.1 Å². The molecule has 4 heteroatoms. The zero-order valence-corrected chi connectivity index (χ0v) is 17.4. The summed E-state index contributed by atoms with van der Waals surface area (Å²) in [4.78, 5) is 0.959. The zero-order valence-electron chi connectivity index (χ0n) is 16.5. The first-order valence-corrected chi connectivity index (χ1v) is 9.82. The minimum Gasteiger partial charge on any atom is -0.399 e. The molecule has 1 saturated heterocycles. The molecule has 3 aromatic rings. The lowest BCUT2D eigenvalue weighted by molar-refractivity contribution is 0.00578. The van der Waals surface area contributed by atoms with E-state index in [-0.39, 0.29) is 11.2 Å². The highest BCUT2D eigenvalue weighted by molar-refractivity contribution is 7.80. The third kappa shape index (κ3) is 3.00. The second kappa shape index (κ2) is 6.40. The summed E-state index contributed by atoms with van der Waals surface area (Å²) in [6.45, 7) is 10.5. The summed E-state index contributed by atoms with van der Waals surface area (Å²) in [5.41, 5.74) is 3.79. The summed E-state index contributed by atoms with van der Waals surface area (Å²) in [5.74, 6) is 0. The summed E-state index contributed by atoms with van der Waals surface area (Å²) < 4.78 is 12.7. The maximum Gasteiger partial charge on any atom is 0.495 e. The summed E-state index contributed by atoms with van der Waals surface area (Å²) in [6.07, 6.45) is 0. The van der Waals surface area contributed by atoms with Crippen LogP contribution >= 0.6 is 12.6 Å². The van der Waals surface area contributed by atoms with Crippen molar-refractivity contribution < 1.29 is 9.31 Å². The Labute approximate surface area is 167 Å². The molecule has 1 aliphatic heterocycles. The quantitative estimate of drug-likeness (QED) is 0.477. The van der Waals surface area contributed by atoms with Crippen LogP contribution in [0.15, 0.2) is 59.5 Å². The lowest BCUT2D eigenvalue weighted by Gasteiger charge is -2.32. The van der Waals surface area contributed by atoms with Gasteiger partial charge in [0.2, 0.25) is 0 Å². The molecule has 0 aliphatic carbocycles. The molecule has 4 rings (SSSR count). The largest absolute Gasteiger partial charge is 0.495 e. The Kier molecular flexibility index (Phi) is 4.41. The van der Waals surface area contributed by atoms with Gasteiger partial charge in [-0.15, -0.1) is 12.6 Å². The van der Waals surface area contributed by atoms with E-state index in [1.165, 1.54) is 16.3 Å². The highest BCUT2D eigenvalue weighted by Crippen LogP contribution is 2.40. The first kappa shape index (κ1) is 18.6. The fourth-order valence-electron chi connectivity index (χ4n) is 3.72. The van der Waals surface area contributed by atoms with Gasteiger partial charge in [-0.25, -0.2) is 0 Å². The first-order chi connectivity index (χ1) is 12.7. The predicted octanol–water partition coefficient (Wildman–Crippen LogP) is 5.40. The van der Waals surface area contributed by atoms with Crippen LogP contribution in [0.4, 0.5) is 0 Å². The van der Waals surface area contributed by atoms with Crippen LogP contribution < -0.4 is 5.46 Å². The van der Waals surface area contributed by atoms with Crippen molar-refractivity contribution in [2.45, 2.75) is 50.7 Å². The second-order valence-corrected chi connectivity index (χ2v) is 8.79. The van der Waals surface area contributed by atoms with E-state index in [1.807, 2.05) is 0 Å². The molecule has 0 N–H and O–H groups in total. The van der Waals surface area contributed by atoms with Crippen molar-refractivity contribution in [3.05, 3.63) is 60.2 Å². The van der Waals surface area contributed by atoms with Gasteiger partial charge in [-0.1, -0.05) is 48.5 Å². The van der Waals surface area contributed by atoms with Gasteiger partial charge in [0.05, 0.1) is 11.2 Å². The van der Waals surface area contributed by atoms with Crippen molar-refractivity contribution >= 4 is 36.0 Å². The summed E-state index contributed by atoms with van der Waals surface area (Å²) in [6, 6.07) is 18.9. The fourth-order valence-corrected chi connectivity index (χ4v) is 4.03. The minimum atomic E-state index is -0.406. The molecule has 1 aliphatic rings. The van der Waals surface area contributed by atoms with E-state index in [0.29, 0.717) is 0 Å². The van der Waals surface area contributed by atoms with Gasteiger partial charge in [0.25, 0.3) is 0 Å². The Morgan fingerprint density at radius 3 is 2.15 bits per heavy atom. The molecule has 27 heavy (non-hydrogen) atoms. The van der Waals surface area contributed by atoms with Crippen LogP contribution in [0.3, 0.4) is 0 Å². The van der Waals surface area contributed by atoms with Crippen molar-refractivity contribution in [1.29, 1.82) is 0 Å². The zero-order chi connectivity index (χ0) is 19.4. The van der Waals surface area contributed by atoms with Gasteiger partial charge in [-0.3, -0.25) is 0 Å². The van der Waals surface area contributed by atoms with E-state index in [1.54, 1.807) is 0 Å². The number of hydrogen-bond donors (Lipinski definition) is 1. The van der Waals surface area contributed by atoms with Crippen LogP contribution in [-0.4, -0.2) is 18.3 Å². The summed E-state index contributed by atoms with van der Waals surface area (Å²) in [5, 5.41) is 2.39. The fraction of sp³-hybridized carbons (Fsp3) is 0.304. The number of thiol groups is 1. The second-order valence-electron chi connectivity index (χ2n) is 8.31. The number of aryl methyl sites for hydroxylation is 1.